The molecule has 2 amide bonds. The van der Waals surface area contributed by atoms with Crippen molar-refractivity contribution in [3.63, 3.8) is 0 Å². The van der Waals surface area contributed by atoms with E-state index in [4.69, 9.17) is 4.74 Å². The molecule has 1 aromatic heterocycles. The van der Waals surface area contributed by atoms with Crippen LogP contribution in [0.3, 0.4) is 0 Å². The highest BCUT2D eigenvalue weighted by Gasteiger charge is 2.18. The molecule has 1 fully saturated rings. The molecule has 0 spiro atoms. The van der Waals surface area contributed by atoms with Crippen LogP contribution in [0.5, 0.6) is 0 Å². The van der Waals surface area contributed by atoms with Crippen LogP contribution < -0.4 is 10.6 Å². The Morgan fingerprint density at radius 1 is 1.52 bits per heavy atom. The maximum Gasteiger partial charge on any atom is 0.228 e. The van der Waals surface area contributed by atoms with Crippen molar-refractivity contribution in [2.45, 2.75) is 26.4 Å². The zero-order chi connectivity index (χ0) is 16.8. The Morgan fingerprint density at radius 2 is 2.30 bits per heavy atom. The topological polar surface area (TPSA) is 83.6 Å². The van der Waals surface area contributed by atoms with Gasteiger partial charge in [-0.05, 0) is 7.05 Å². The minimum absolute atomic E-state index is 0.0361. The molecule has 8 heteroatoms. The summed E-state index contributed by atoms with van der Waals surface area (Å²) in [6, 6.07) is 0. The van der Waals surface area contributed by atoms with Crippen molar-refractivity contribution in [1.29, 1.82) is 0 Å². The van der Waals surface area contributed by atoms with Gasteiger partial charge in [0.05, 0.1) is 24.8 Å². The second kappa shape index (κ2) is 8.37. The molecule has 1 aromatic rings. The van der Waals surface area contributed by atoms with E-state index in [0.717, 1.165) is 13.1 Å². The van der Waals surface area contributed by atoms with Crippen molar-refractivity contribution in [3.05, 3.63) is 11.1 Å². The number of rotatable bonds is 6. The Bertz CT molecular complexity index is 547. The van der Waals surface area contributed by atoms with Gasteiger partial charge >= 0.3 is 0 Å². The quantitative estimate of drug-likeness (QED) is 0.797. The number of hydrogen-bond acceptors (Lipinski definition) is 6. The summed E-state index contributed by atoms with van der Waals surface area (Å²) in [4.78, 5) is 30.0. The first-order valence-electron chi connectivity index (χ1n) is 7.76. The number of nitrogens with zero attached hydrogens (tertiary/aromatic N) is 2. The number of anilines is 1. The number of aromatic nitrogens is 1. The standard InChI is InChI=1S/C15H24N4O3S/c1-10(2)14(21)18-15-17-11(9-23-15)6-13(20)16-7-12-8-19(3)4-5-22-12/h9-10,12H,4-8H2,1-3H3,(H,16,20)(H,17,18,21)/t12-/m0/s1. The minimum Gasteiger partial charge on any atom is -0.374 e. The van der Waals surface area contributed by atoms with Crippen LogP contribution >= 0.6 is 11.3 Å². The van der Waals surface area contributed by atoms with E-state index in [1.54, 1.807) is 5.38 Å². The number of likely N-dealkylation sites (N-methyl/N-ethyl adjacent to an activating group) is 1. The number of ether oxygens (including phenoxy) is 1. The van der Waals surface area contributed by atoms with Crippen LogP contribution in [-0.2, 0) is 20.7 Å². The molecule has 2 rings (SSSR count). The molecule has 0 saturated carbocycles. The molecule has 0 aliphatic carbocycles. The predicted octanol–water partition coefficient (Wildman–Crippen LogP) is 0.727. The number of thiazole rings is 1. The molecule has 0 aromatic carbocycles. The molecule has 1 aliphatic rings. The summed E-state index contributed by atoms with van der Waals surface area (Å²) in [5.74, 6) is -0.262. The molecule has 2 heterocycles. The van der Waals surface area contributed by atoms with E-state index in [1.807, 2.05) is 20.9 Å². The molecule has 0 bridgehead atoms. The third kappa shape index (κ3) is 5.89. The van der Waals surface area contributed by atoms with Gasteiger partial charge in [-0.15, -0.1) is 11.3 Å². The summed E-state index contributed by atoms with van der Waals surface area (Å²) in [6.07, 6.45) is 0.241. The van der Waals surface area contributed by atoms with Gasteiger partial charge in [0.1, 0.15) is 0 Å². The van der Waals surface area contributed by atoms with Gasteiger partial charge in [-0.1, -0.05) is 13.8 Å². The molecule has 2 N–H and O–H groups in total. The summed E-state index contributed by atoms with van der Waals surface area (Å²) in [6.45, 7) is 6.59. The van der Waals surface area contributed by atoms with Crippen molar-refractivity contribution >= 4 is 28.3 Å². The molecule has 1 atom stereocenters. The number of carbonyl (C=O) groups is 2. The fourth-order valence-corrected chi connectivity index (χ4v) is 2.85. The van der Waals surface area contributed by atoms with Crippen molar-refractivity contribution in [2.24, 2.45) is 5.92 Å². The summed E-state index contributed by atoms with van der Waals surface area (Å²) in [5.41, 5.74) is 0.660. The largest absolute Gasteiger partial charge is 0.374 e. The summed E-state index contributed by atoms with van der Waals surface area (Å²) in [5, 5.41) is 7.93. The van der Waals surface area contributed by atoms with Crippen LogP contribution in [0.2, 0.25) is 0 Å². The van der Waals surface area contributed by atoms with E-state index in [-0.39, 0.29) is 30.3 Å². The first-order valence-corrected chi connectivity index (χ1v) is 8.64. The smallest absolute Gasteiger partial charge is 0.228 e. The van der Waals surface area contributed by atoms with E-state index >= 15 is 0 Å². The van der Waals surface area contributed by atoms with Crippen LogP contribution in [0, 0.1) is 5.92 Å². The van der Waals surface area contributed by atoms with Gasteiger partial charge in [0.2, 0.25) is 11.8 Å². The molecule has 1 aliphatic heterocycles. The van der Waals surface area contributed by atoms with E-state index in [9.17, 15) is 9.59 Å². The number of amides is 2. The third-order valence-corrected chi connectivity index (χ3v) is 4.32. The summed E-state index contributed by atoms with van der Waals surface area (Å²) >= 11 is 1.33. The van der Waals surface area contributed by atoms with E-state index in [1.165, 1.54) is 11.3 Å². The maximum absolute atomic E-state index is 12.0. The second-order valence-corrected chi connectivity index (χ2v) is 6.88. The number of hydrogen-bond donors (Lipinski definition) is 2. The molecular weight excluding hydrogens is 316 g/mol. The van der Waals surface area contributed by atoms with E-state index in [2.05, 4.69) is 20.5 Å². The molecule has 0 radical (unpaired) electrons. The average Bonchev–Trinajstić information content (AvgIpc) is 2.92. The highest BCUT2D eigenvalue weighted by Crippen LogP contribution is 2.16. The Balaban J connectivity index is 1.75. The normalized spacial score (nSPS) is 18.9. The van der Waals surface area contributed by atoms with Gasteiger partial charge in [0.15, 0.2) is 5.13 Å². The van der Waals surface area contributed by atoms with Crippen LogP contribution in [0.1, 0.15) is 19.5 Å². The Kier molecular flexibility index (Phi) is 6.49. The Hall–Kier alpha value is -1.51. The van der Waals surface area contributed by atoms with Gasteiger partial charge < -0.3 is 20.3 Å². The fraction of sp³-hybridized carbons (Fsp3) is 0.667. The van der Waals surface area contributed by atoms with E-state index in [0.29, 0.717) is 24.0 Å². The maximum atomic E-state index is 12.0. The third-order valence-electron chi connectivity index (χ3n) is 3.52. The molecule has 0 unspecified atom stereocenters. The Labute approximate surface area is 140 Å². The van der Waals surface area contributed by atoms with Crippen molar-refractivity contribution in [3.8, 4) is 0 Å². The second-order valence-electron chi connectivity index (χ2n) is 6.02. The average molecular weight is 340 g/mol. The molecular formula is C15H24N4O3S. The lowest BCUT2D eigenvalue weighted by Gasteiger charge is -2.30. The zero-order valence-electron chi connectivity index (χ0n) is 13.8. The van der Waals surface area contributed by atoms with Crippen molar-refractivity contribution < 1.29 is 14.3 Å². The lowest BCUT2D eigenvalue weighted by atomic mass is 10.2. The predicted molar refractivity (Wildman–Crippen MR) is 89.5 cm³/mol. The van der Waals surface area contributed by atoms with Gasteiger partial charge in [0.25, 0.3) is 0 Å². The lowest BCUT2D eigenvalue weighted by Crippen LogP contribution is -2.46. The van der Waals surface area contributed by atoms with Crippen molar-refractivity contribution in [1.82, 2.24) is 15.2 Å². The monoisotopic (exact) mass is 340 g/mol. The number of carbonyl (C=O) groups excluding carboxylic acids is 2. The number of morpholine rings is 1. The van der Waals surface area contributed by atoms with Crippen LogP contribution in [-0.4, -0.2) is 61.1 Å². The highest BCUT2D eigenvalue weighted by molar-refractivity contribution is 7.13. The van der Waals surface area contributed by atoms with Crippen molar-refractivity contribution in [2.75, 3.05) is 38.6 Å². The SMILES string of the molecule is CC(C)C(=O)Nc1nc(CC(=O)NC[C@H]2CN(C)CCO2)cs1. The van der Waals surface area contributed by atoms with Crippen LogP contribution in [0.25, 0.3) is 0 Å². The first-order chi connectivity index (χ1) is 10.9. The fourth-order valence-electron chi connectivity index (χ4n) is 2.14. The van der Waals surface area contributed by atoms with Crippen LogP contribution in [0.15, 0.2) is 5.38 Å². The zero-order valence-corrected chi connectivity index (χ0v) is 14.6. The summed E-state index contributed by atoms with van der Waals surface area (Å²) < 4.78 is 5.60. The van der Waals surface area contributed by atoms with Crippen LogP contribution in [0.4, 0.5) is 5.13 Å². The van der Waals surface area contributed by atoms with E-state index < -0.39 is 0 Å². The van der Waals surface area contributed by atoms with Gasteiger partial charge in [-0.3, -0.25) is 9.59 Å². The molecule has 128 valence electrons. The molecule has 1 saturated heterocycles. The van der Waals surface area contributed by atoms with Gasteiger partial charge in [0, 0.05) is 30.9 Å². The first kappa shape index (κ1) is 17.8. The molecule has 23 heavy (non-hydrogen) atoms. The number of nitrogens with one attached hydrogen (secondary N) is 2. The Morgan fingerprint density at radius 3 is 3.00 bits per heavy atom. The van der Waals surface area contributed by atoms with Gasteiger partial charge in [-0.2, -0.15) is 0 Å². The lowest BCUT2D eigenvalue weighted by molar-refractivity contribution is -0.121. The minimum atomic E-state index is -0.0979. The van der Waals surface area contributed by atoms with Gasteiger partial charge in [-0.25, -0.2) is 4.98 Å². The highest BCUT2D eigenvalue weighted by atomic mass is 32.1. The molecule has 7 nitrogen and oxygen atoms in total. The summed E-state index contributed by atoms with van der Waals surface area (Å²) in [7, 11) is 2.04.